The first-order valence-electron chi connectivity index (χ1n) is 9.66. The molecule has 1 atom stereocenters. The highest BCUT2D eigenvalue weighted by atomic mass is 16.7. The quantitative estimate of drug-likeness (QED) is 0.843. The zero-order valence-corrected chi connectivity index (χ0v) is 15.7. The summed E-state index contributed by atoms with van der Waals surface area (Å²) in [5.74, 6) is 1.60. The molecular formula is C20H29N3O3. The van der Waals surface area contributed by atoms with E-state index in [4.69, 9.17) is 14.3 Å². The summed E-state index contributed by atoms with van der Waals surface area (Å²) in [4.78, 5) is 8.31. The molecule has 2 heterocycles. The second-order valence-electron chi connectivity index (χ2n) is 7.44. The van der Waals surface area contributed by atoms with E-state index >= 15 is 0 Å². The summed E-state index contributed by atoms with van der Waals surface area (Å²) < 4.78 is 11.7. The predicted octanol–water partition coefficient (Wildman–Crippen LogP) is 2.51. The van der Waals surface area contributed by atoms with Gasteiger partial charge >= 0.3 is 0 Å². The molecule has 1 aromatic carbocycles. The lowest BCUT2D eigenvalue weighted by Gasteiger charge is -2.37. The molecule has 2 fully saturated rings. The van der Waals surface area contributed by atoms with Gasteiger partial charge in [-0.25, -0.2) is 4.84 Å². The van der Waals surface area contributed by atoms with Crippen LogP contribution in [0.1, 0.15) is 38.2 Å². The SMILES string of the molecule is COc1ccc(C2=CC(C)(N3CCNCC3)ON2)cc1OC1CCCC1. The monoisotopic (exact) mass is 359 g/mol. The van der Waals surface area contributed by atoms with Gasteiger partial charge < -0.3 is 14.8 Å². The van der Waals surface area contributed by atoms with Crippen LogP contribution in [0.25, 0.3) is 5.70 Å². The first kappa shape index (κ1) is 17.6. The van der Waals surface area contributed by atoms with E-state index in [1.807, 2.05) is 12.1 Å². The van der Waals surface area contributed by atoms with Crippen molar-refractivity contribution in [3.05, 3.63) is 29.8 Å². The van der Waals surface area contributed by atoms with Crippen molar-refractivity contribution in [2.45, 2.75) is 44.4 Å². The topological polar surface area (TPSA) is 55.0 Å². The van der Waals surface area contributed by atoms with E-state index in [-0.39, 0.29) is 0 Å². The van der Waals surface area contributed by atoms with Crippen LogP contribution in [0, 0.1) is 0 Å². The van der Waals surface area contributed by atoms with Crippen LogP contribution >= 0.6 is 0 Å². The molecule has 0 bridgehead atoms. The van der Waals surface area contributed by atoms with Gasteiger partial charge in [-0.05, 0) is 56.9 Å². The number of nitrogens with zero attached hydrogens (tertiary/aromatic N) is 1. The fourth-order valence-electron chi connectivity index (χ4n) is 4.01. The maximum Gasteiger partial charge on any atom is 0.167 e. The Bertz CT molecular complexity index is 666. The third-order valence-corrected chi connectivity index (χ3v) is 5.60. The lowest BCUT2D eigenvalue weighted by Crippen LogP contribution is -2.54. The Kier molecular flexibility index (Phi) is 5.07. The van der Waals surface area contributed by atoms with Gasteiger partial charge in [-0.3, -0.25) is 10.4 Å². The first-order chi connectivity index (χ1) is 12.7. The molecule has 1 aromatic rings. The molecule has 26 heavy (non-hydrogen) atoms. The number of ether oxygens (including phenoxy) is 2. The highest BCUT2D eigenvalue weighted by Gasteiger charge is 2.37. The second kappa shape index (κ2) is 7.47. The van der Waals surface area contributed by atoms with Crippen molar-refractivity contribution in [3.8, 4) is 11.5 Å². The fourth-order valence-corrected chi connectivity index (χ4v) is 4.01. The van der Waals surface area contributed by atoms with Crippen molar-refractivity contribution in [1.29, 1.82) is 0 Å². The molecule has 0 aromatic heterocycles. The Morgan fingerprint density at radius 1 is 1.15 bits per heavy atom. The molecule has 4 rings (SSSR count). The lowest BCUT2D eigenvalue weighted by atomic mass is 10.1. The number of rotatable bonds is 5. The van der Waals surface area contributed by atoms with Crippen molar-refractivity contribution in [3.63, 3.8) is 0 Å². The number of hydrogen-bond donors (Lipinski definition) is 2. The van der Waals surface area contributed by atoms with Gasteiger partial charge in [0, 0.05) is 31.7 Å². The summed E-state index contributed by atoms with van der Waals surface area (Å²) in [6, 6.07) is 6.08. The third-order valence-electron chi connectivity index (χ3n) is 5.60. The van der Waals surface area contributed by atoms with E-state index in [0.29, 0.717) is 6.10 Å². The third kappa shape index (κ3) is 3.54. The van der Waals surface area contributed by atoms with E-state index in [0.717, 1.165) is 61.8 Å². The minimum Gasteiger partial charge on any atom is -0.493 e. The number of nitrogens with one attached hydrogen (secondary N) is 2. The van der Waals surface area contributed by atoms with Gasteiger partial charge in [-0.15, -0.1) is 0 Å². The van der Waals surface area contributed by atoms with Crippen LogP contribution in [0.5, 0.6) is 11.5 Å². The molecule has 3 aliphatic rings. The minimum absolute atomic E-state index is 0.298. The summed E-state index contributed by atoms with van der Waals surface area (Å²) in [7, 11) is 1.69. The minimum atomic E-state index is -0.427. The van der Waals surface area contributed by atoms with Crippen molar-refractivity contribution in [2.75, 3.05) is 33.3 Å². The van der Waals surface area contributed by atoms with E-state index in [1.165, 1.54) is 12.8 Å². The van der Waals surface area contributed by atoms with E-state index in [1.54, 1.807) is 7.11 Å². The highest BCUT2D eigenvalue weighted by molar-refractivity contribution is 5.68. The maximum atomic E-state index is 6.23. The number of methoxy groups -OCH3 is 1. The second-order valence-corrected chi connectivity index (χ2v) is 7.44. The highest BCUT2D eigenvalue weighted by Crippen LogP contribution is 2.36. The normalized spacial score (nSPS) is 27.2. The van der Waals surface area contributed by atoms with Gasteiger partial charge in [0.05, 0.1) is 18.9 Å². The molecule has 6 nitrogen and oxygen atoms in total. The van der Waals surface area contributed by atoms with Crippen molar-refractivity contribution in [1.82, 2.24) is 15.7 Å². The summed E-state index contributed by atoms with van der Waals surface area (Å²) in [6.07, 6.45) is 7.20. The number of hydrogen-bond acceptors (Lipinski definition) is 6. The largest absolute Gasteiger partial charge is 0.493 e. The van der Waals surface area contributed by atoms with Gasteiger partial charge in [0.15, 0.2) is 17.2 Å². The van der Waals surface area contributed by atoms with Crippen LogP contribution in [0.4, 0.5) is 0 Å². The van der Waals surface area contributed by atoms with Crippen LogP contribution in [0.3, 0.4) is 0 Å². The standard InChI is InChI=1S/C20H29N3O3/c1-20(23-11-9-21-10-12-23)14-17(22-26-20)15-7-8-18(24-2)19(13-15)25-16-5-3-4-6-16/h7-8,13-14,16,21-22H,3-6,9-12H2,1-2H3. The fraction of sp³-hybridized carbons (Fsp3) is 0.600. The van der Waals surface area contributed by atoms with Crippen molar-refractivity contribution in [2.24, 2.45) is 0 Å². The lowest BCUT2D eigenvalue weighted by molar-refractivity contribution is -0.128. The molecular weight excluding hydrogens is 330 g/mol. The molecule has 1 saturated heterocycles. The molecule has 1 aliphatic carbocycles. The average Bonchev–Trinajstić information content (AvgIpc) is 3.33. The van der Waals surface area contributed by atoms with Crippen molar-refractivity contribution >= 4 is 5.70 Å². The average molecular weight is 359 g/mol. The van der Waals surface area contributed by atoms with Crippen LogP contribution < -0.4 is 20.3 Å². The molecule has 2 N–H and O–H groups in total. The molecule has 0 spiro atoms. The Labute approximate surface area is 155 Å². The molecule has 142 valence electrons. The van der Waals surface area contributed by atoms with Crippen LogP contribution in [0.2, 0.25) is 0 Å². The van der Waals surface area contributed by atoms with Gasteiger partial charge in [0.25, 0.3) is 0 Å². The maximum absolute atomic E-state index is 6.23. The smallest absolute Gasteiger partial charge is 0.167 e. The number of hydroxylamine groups is 1. The Balaban J connectivity index is 1.56. The van der Waals surface area contributed by atoms with Crippen LogP contribution in [-0.2, 0) is 4.84 Å². The van der Waals surface area contributed by atoms with E-state index < -0.39 is 5.72 Å². The van der Waals surface area contributed by atoms with Gasteiger partial charge in [0.1, 0.15) is 0 Å². The van der Waals surface area contributed by atoms with E-state index in [9.17, 15) is 0 Å². The Morgan fingerprint density at radius 3 is 2.65 bits per heavy atom. The number of piperazine rings is 1. The predicted molar refractivity (Wildman–Crippen MR) is 101 cm³/mol. The molecule has 0 amide bonds. The van der Waals surface area contributed by atoms with Crippen LogP contribution in [-0.4, -0.2) is 50.0 Å². The zero-order valence-electron chi connectivity index (χ0n) is 15.7. The summed E-state index contributed by atoms with van der Waals surface area (Å²) in [6.45, 7) is 6.03. The molecule has 0 radical (unpaired) electrons. The van der Waals surface area contributed by atoms with Gasteiger partial charge in [-0.1, -0.05) is 0 Å². The summed E-state index contributed by atoms with van der Waals surface area (Å²) in [5.41, 5.74) is 4.73. The van der Waals surface area contributed by atoms with E-state index in [2.05, 4.69) is 34.8 Å². The first-order valence-corrected chi connectivity index (χ1v) is 9.66. The Morgan fingerprint density at radius 2 is 1.92 bits per heavy atom. The van der Waals surface area contributed by atoms with Gasteiger partial charge in [0.2, 0.25) is 0 Å². The van der Waals surface area contributed by atoms with Crippen LogP contribution in [0.15, 0.2) is 24.3 Å². The van der Waals surface area contributed by atoms with Gasteiger partial charge in [-0.2, -0.15) is 0 Å². The summed E-state index contributed by atoms with van der Waals surface area (Å²) in [5, 5.41) is 3.38. The Hall–Kier alpha value is -1.76. The molecule has 6 heteroatoms. The summed E-state index contributed by atoms with van der Waals surface area (Å²) >= 11 is 0. The molecule has 1 unspecified atom stereocenters. The number of benzene rings is 1. The molecule has 1 saturated carbocycles. The zero-order chi connectivity index (χ0) is 18.0. The molecule has 2 aliphatic heterocycles. The van der Waals surface area contributed by atoms with Crippen molar-refractivity contribution < 1.29 is 14.3 Å².